The van der Waals surface area contributed by atoms with E-state index < -0.39 is 11.9 Å². The largest absolute Gasteiger partial charge is 0.440 e. The lowest BCUT2D eigenvalue weighted by Crippen LogP contribution is -2.66. The van der Waals surface area contributed by atoms with Crippen LogP contribution in [0.1, 0.15) is 28.8 Å². The molecule has 3 fully saturated rings. The van der Waals surface area contributed by atoms with Crippen molar-refractivity contribution < 1.29 is 23.2 Å². The van der Waals surface area contributed by atoms with Gasteiger partial charge in [0.25, 0.3) is 0 Å². The minimum atomic E-state index is -0.469. The van der Waals surface area contributed by atoms with Crippen molar-refractivity contribution in [3.8, 4) is 0 Å². The molecular formula is C27H28FN2O3S+. The minimum absolute atomic E-state index is 0.130. The standard InChI is InChI=1S/C27H28FN2O3S/c28-23-7-4-8-24(15-23)29(16-20-11-14-34-19-20)27(32)33-26-18-30(12-9-22(26)10-13-30)17-25(31)21-5-2-1-3-6-21/h1-8,11,14-15,19,22,26H,9-10,12-13,16-18H2/q+1. The number of hydrogen-bond acceptors (Lipinski definition) is 4. The molecule has 0 radical (unpaired) electrons. The maximum Gasteiger partial charge on any atom is 0.415 e. The smallest absolute Gasteiger partial charge is 0.415 e. The minimum Gasteiger partial charge on any atom is -0.440 e. The van der Waals surface area contributed by atoms with Crippen LogP contribution in [0.2, 0.25) is 0 Å². The first kappa shape index (κ1) is 22.7. The SMILES string of the molecule is O=C(C[N+]12CCC(CC1)C(OC(=O)N(Cc1ccsc1)c1cccc(F)c1)C2)c1ccccc1. The van der Waals surface area contributed by atoms with Gasteiger partial charge in [0.2, 0.25) is 5.78 Å². The lowest BCUT2D eigenvalue weighted by Gasteiger charge is -2.51. The number of fused-ring (bicyclic) bond motifs is 3. The molecule has 6 rings (SSSR count). The molecule has 1 atom stereocenters. The third-order valence-electron chi connectivity index (χ3n) is 7.13. The zero-order valence-corrected chi connectivity index (χ0v) is 19.8. The van der Waals surface area contributed by atoms with Gasteiger partial charge in [-0.2, -0.15) is 11.3 Å². The van der Waals surface area contributed by atoms with E-state index in [0.29, 0.717) is 35.7 Å². The summed E-state index contributed by atoms with van der Waals surface area (Å²) in [6, 6.07) is 17.4. The van der Waals surface area contributed by atoms with Crippen LogP contribution in [0.3, 0.4) is 0 Å². The second-order valence-electron chi connectivity index (χ2n) is 9.38. The van der Waals surface area contributed by atoms with Gasteiger partial charge in [0.05, 0.1) is 25.3 Å². The fourth-order valence-corrected chi connectivity index (χ4v) is 5.92. The Morgan fingerprint density at radius 2 is 1.85 bits per heavy atom. The van der Waals surface area contributed by atoms with E-state index in [1.165, 1.54) is 17.0 Å². The molecule has 2 aromatic carbocycles. The second-order valence-corrected chi connectivity index (χ2v) is 10.2. The highest BCUT2D eigenvalue weighted by atomic mass is 32.1. The molecule has 0 N–H and O–H groups in total. The van der Waals surface area contributed by atoms with Crippen molar-refractivity contribution in [1.82, 2.24) is 0 Å². The first-order chi connectivity index (χ1) is 16.5. The molecule has 1 aromatic heterocycles. The Morgan fingerprint density at radius 3 is 2.56 bits per heavy atom. The molecule has 4 heterocycles. The van der Waals surface area contributed by atoms with E-state index >= 15 is 0 Å². The van der Waals surface area contributed by atoms with Crippen molar-refractivity contribution in [3.63, 3.8) is 0 Å². The van der Waals surface area contributed by atoms with Crippen LogP contribution in [0.5, 0.6) is 0 Å². The van der Waals surface area contributed by atoms with Crippen molar-refractivity contribution in [2.45, 2.75) is 25.5 Å². The quantitative estimate of drug-likeness (QED) is 0.331. The van der Waals surface area contributed by atoms with E-state index in [4.69, 9.17) is 4.74 Å². The van der Waals surface area contributed by atoms with E-state index in [-0.39, 0.29) is 11.9 Å². The van der Waals surface area contributed by atoms with Crippen LogP contribution in [0.25, 0.3) is 0 Å². The normalized spacial score (nSPS) is 23.4. The summed E-state index contributed by atoms with van der Waals surface area (Å²) in [6.45, 7) is 3.24. The molecule has 3 saturated heterocycles. The summed E-state index contributed by atoms with van der Waals surface area (Å²) in [5, 5.41) is 3.93. The number of hydrogen-bond donors (Lipinski definition) is 0. The summed E-state index contributed by atoms with van der Waals surface area (Å²) < 4.78 is 20.7. The summed E-state index contributed by atoms with van der Waals surface area (Å²) >= 11 is 1.55. The number of ether oxygens (including phenoxy) is 1. The van der Waals surface area contributed by atoms with Gasteiger partial charge in [-0.3, -0.25) is 9.69 Å². The van der Waals surface area contributed by atoms with Crippen LogP contribution in [0.15, 0.2) is 71.4 Å². The van der Waals surface area contributed by atoms with Gasteiger partial charge in [-0.05, 0) is 40.6 Å². The molecule has 0 spiro atoms. The molecule has 3 aliphatic rings. The maximum absolute atomic E-state index is 14.0. The predicted molar refractivity (Wildman–Crippen MR) is 130 cm³/mol. The Bertz CT molecular complexity index is 1140. The monoisotopic (exact) mass is 479 g/mol. The summed E-state index contributed by atoms with van der Waals surface area (Å²) in [6.07, 6.45) is 1.15. The van der Waals surface area contributed by atoms with Gasteiger partial charge in [0.15, 0.2) is 6.10 Å². The number of quaternary nitrogens is 1. The van der Waals surface area contributed by atoms with Crippen molar-refractivity contribution >= 4 is 28.9 Å². The van der Waals surface area contributed by atoms with Gasteiger partial charge in [0.1, 0.15) is 18.9 Å². The maximum atomic E-state index is 14.0. The van der Waals surface area contributed by atoms with Crippen molar-refractivity contribution in [3.05, 3.63) is 88.4 Å². The number of carbonyl (C=O) groups excluding carboxylic acids is 2. The average Bonchev–Trinajstić information content (AvgIpc) is 3.37. The number of ketones is 1. The zero-order valence-electron chi connectivity index (χ0n) is 18.9. The van der Waals surface area contributed by atoms with Crippen LogP contribution in [0, 0.1) is 11.7 Å². The second kappa shape index (κ2) is 9.68. The fraction of sp³-hybridized carbons (Fsp3) is 0.333. The average molecular weight is 480 g/mol. The van der Waals surface area contributed by atoms with Gasteiger partial charge in [-0.15, -0.1) is 0 Å². The van der Waals surface area contributed by atoms with Crippen LogP contribution >= 0.6 is 11.3 Å². The number of piperidine rings is 3. The van der Waals surface area contributed by atoms with Gasteiger partial charge in [-0.1, -0.05) is 36.4 Å². The lowest BCUT2D eigenvalue weighted by atomic mass is 9.83. The highest BCUT2D eigenvalue weighted by Gasteiger charge is 2.49. The van der Waals surface area contributed by atoms with Crippen LogP contribution < -0.4 is 4.90 Å². The predicted octanol–water partition coefficient (Wildman–Crippen LogP) is 5.52. The van der Waals surface area contributed by atoms with Crippen LogP contribution in [0.4, 0.5) is 14.9 Å². The number of nitrogens with zero attached hydrogens (tertiary/aromatic N) is 2. The van der Waals surface area contributed by atoms with E-state index in [1.54, 1.807) is 23.5 Å². The van der Waals surface area contributed by atoms with Crippen LogP contribution in [-0.4, -0.2) is 48.6 Å². The highest BCUT2D eigenvalue weighted by Crippen LogP contribution is 2.36. The highest BCUT2D eigenvalue weighted by molar-refractivity contribution is 7.07. The van der Waals surface area contributed by atoms with Crippen molar-refractivity contribution in [2.75, 3.05) is 31.1 Å². The molecule has 1 amide bonds. The van der Waals surface area contributed by atoms with Gasteiger partial charge >= 0.3 is 6.09 Å². The van der Waals surface area contributed by atoms with E-state index in [1.807, 2.05) is 47.2 Å². The third-order valence-corrected chi connectivity index (χ3v) is 7.86. The molecular weight excluding hydrogens is 451 g/mol. The molecule has 2 bridgehead atoms. The Labute approximate surface area is 203 Å². The zero-order chi connectivity index (χ0) is 23.5. The molecule has 1 unspecified atom stereocenters. The topological polar surface area (TPSA) is 46.6 Å². The summed E-state index contributed by atoms with van der Waals surface area (Å²) in [7, 11) is 0. The Balaban J connectivity index is 1.32. The summed E-state index contributed by atoms with van der Waals surface area (Å²) in [5.41, 5.74) is 2.17. The fourth-order valence-electron chi connectivity index (χ4n) is 5.26. The molecule has 0 saturated carbocycles. The molecule has 3 aliphatic heterocycles. The number of carbonyl (C=O) groups is 2. The van der Waals surface area contributed by atoms with E-state index in [0.717, 1.165) is 37.1 Å². The third kappa shape index (κ3) is 4.91. The number of Topliss-reactive ketones (excluding diaryl/α,β-unsaturated/α-hetero) is 1. The summed E-state index contributed by atoms with van der Waals surface area (Å²) in [4.78, 5) is 27.8. The van der Waals surface area contributed by atoms with Crippen molar-refractivity contribution in [1.29, 1.82) is 0 Å². The summed E-state index contributed by atoms with van der Waals surface area (Å²) in [5.74, 6) is 0.0311. The lowest BCUT2D eigenvalue weighted by molar-refractivity contribution is -0.938. The first-order valence-electron chi connectivity index (χ1n) is 11.7. The first-order valence-corrected chi connectivity index (χ1v) is 12.6. The number of benzene rings is 2. The molecule has 3 aromatic rings. The van der Waals surface area contributed by atoms with Gasteiger partial charge in [0, 0.05) is 24.3 Å². The number of amides is 1. The molecule has 0 aliphatic carbocycles. The van der Waals surface area contributed by atoms with Gasteiger partial charge < -0.3 is 9.22 Å². The Hall–Kier alpha value is -3.03. The van der Waals surface area contributed by atoms with Gasteiger partial charge in [-0.25, -0.2) is 9.18 Å². The van der Waals surface area contributed by atoms with Crippen molar-refractivity contribution in [2.24, 2.45) is 5.92 Å². The number of thiophene rings is 1. The molecule has 7 heteroatoms. The Kier molecular flexibility index (Phi) is 6.48. The number of anilines is 1. The number of rotatable bonds is 7. The molecule has 176 valence electrons. The number of halogens is 1. The van der Waals surface area contributed by atoms with E-state index in [9.17, 15) is 14.0 Å². The Morgan fingerprint density at radius 1 is 1.06 bits per heavy atom. The molecule has 5 nitrogen and oxygen atoms in total. The van der Waals surface area contributed by atoms with E-state index in [2.05, 4.69) is 0 Å². The van der Waals surface area contributed by atoms with Crippen LogP contribution in [-0.2, 0) is 11.3 Å². The molecule has 34 heavy (non-hydrogen) atoms.